The SMILES string of the molecule is COc1cc2nn(C3CCC(CCOS(C)(=O)=O)CC3)cc2cc1C(=O)Nc1cnc2cccnn12. The fourth-order valence-electron chi connectivity index (χ4n) is 4.77. The Morgan fingerprint density at radius 1 is 1.22 bits per heavy atom. The number of nitrogens with one attached hydrogen (secondary N) is 1. The van der Waals surface area contributed by atoms with Crippen LogP contribution in [0.15, 0.2) is 42.9 Å². The summed E-state index contributed by atoms with van der Waals surface area (Å²) in [6, 6.07) is 7.40. The van der Waals surface area contributed by atoms with Crippen molar-refractivity contribution in [2.75, 3.05) is 25.3 Å². The Morgan fingerprint density at radius 2 is 2.03 bits per heavy atom. The molecule has 1 aromatic carbocycles. The number of hydrogen-bond donors (Lipinski definition) is 1. The lowest BCUT2D eigenvalue weighted by Crippen LogP contribution is -2.20. The third-order valence-electron chi connectivity index (χ3n) is 6.62. The molecule has 1 fully saturated rings. The van der Waals surface area contributed by atoms with Crippen molar-refractivity contribution >= 4 is 38.4 Å². The highest BCUT2D eigenvalue weighted by Crippen LogP contribution is 2.35. The maximum atomic E-state index is 13.1. The normalized spacial score (nSPS) is 18.5. The van der Waals surface area contributed by atoms with Gasteiger partial charge in [0.05, 0.1) is 43.3 Å². The predicted molar refractivity (Wildman–Crippen MR) is 134 cm³/mol. The second-order valence-electron chi connectivity index (χ2n) is 9.10. The predicted octanol–water partition coefficient (Wildman–Crippen LogP) is 3.44. The van der Waals surface area contributed by atoms with E-state index in [4.69, 9.17) is 14.0 Å². The van der Waals surface area contributed by atoms with Gasteiger partial charge in [-0.1, -0.05) is 0 Å². The fourth-order valence-corrected chi connectivity index (χ4v) is 5.17. The van der Waals surface area contributed by atoms with Gasteiger partial charge >= 0.3 is 0 Å². The summed E-state index contributed by atoms with van der Waals surface area (Å²) in [5, 5.41) is 12.7. The zero-order valence-electron chi connectivity index (χ0n) is 20.1. The molecule has 36 heavy (non-hydrogen) atoms. The van der Waals surface area contributed by atoms with Crippen molar-refractivity contribution in [2.45, 2.75) is 38.1 Å². The van der Waals surface area contributed by atoms with Gasteiger partial charge in [0, 0.05) is 23.8 Å². The number of carbonyl (C=O) groups is 1. The molecule has 1 amide bonds. The lowest BCUT2D eigenvalue weighted by molar-refractivity contribution is 0.102. The van der Waals surface area contributed by atoms with Crippen molar-refractivity contribution in [3.8, 4) is 5.75 Å². The van der Waals surface area contributed by atoms with Crippen molar-refractivity contribution in [1.82, 2.24) is 24.4 Å². The summed E-state index contributed by atoms with van der Waals surface area (Å²) in [5.74, 6) is 1.01. The Balaban J connectivity index is 1.29. The summed E-state index contributed by atoms with van der Waals surface area (Å²) in [7, 11) is -1.87. The van der Waals surface area contributed by atoms with Gasteiger partial charge in [0.25, 0.3) is 16.0 Å². The Morgan fingerprint density at radius 3 is 2.78 bits per heavy atom. The monoisotopic (exact) mass is 512 g/mol. The molecule has 1 aliphatic carbocycles. The lowest BCUT2D eigenvalue weighted by atomic mass is 9.84. The molecule has 0 spiro atoms. The summed E-state index contributed by atoms with van der Waals surface area (Å²) in [6.07, 6.45) is 10.8. The molecule has 0 saturated heterocycles. The van der Waals surface area contributed by atoms with Gasteiger partial charge in [0.1, 0.15) is 5.75 Å². The molecule has 0 radical (unpaired) electrons. The van der Waals surface area contributed by atoms with Crippen LogP contribution in [0.25, 0.3) is 16.6 Å². The third-order valence-corrected chi connectivity index (χ3v) is 7.22. The number of fused-ring (bicyclic) bond motifs is 2. The zero-order chi connectivity index (χ0) is 25.3. The number of benzene rings is 1. The van der Waals surface area contributed by atoms with Gasteiger partial charge in [-0.3, -0.25) is 13.7 Å². The minimum Gasteiger partial charge on any atom is -0.496 e. The second kappa shape index (κ2) is 9.86. The number of rotatable bonds is 8. The van der Waals surface area contributed by atoms with E-state index in [2.05, 4.69) is 15.4 Å². The lowest BCUT2D eigenvalue weighted by Gasteiger charge is -2.28. The second-order valence-corrected chi connectivity index (χ2v) is 10.7. The smallest absolute Gasteiger partial charge is 0.264 e. The number of amides is 1. The summed E-state index contributed by atoms with van der Waals surface area (Å²) >= 11 is 0. The van der Waals surface area contributed by atoms with Gasteiger partial charge in [0.15, 0.2) is 11.5 Å². The molecule has 190 valence electrons. The molecule has 12 heteroatoms. The van der Waals surface area contributed by atoms with E-state index in [0.717, 1.165) is 49.3 Å². The standard InChI is InChI=1S/C24H28N6O5S/c1-34-21-13-20-17(12-19(21)24(31)27-23-14-25-22-4-3-10-26-30(22)23)15-29(28-20)18-7-5-16(6-8-18)9-11-35-36(2,32)33/h3-4,10,12-16,18H,5-9,11H2,1-2H3,(H,27,31). The fraction of sp³-hybridized carbons (Fsp3) is 0.417. The Labute approximate surface area is 208 Å². The molecule has 1 aliphatic rings. The third kappa shape index (κ3) is 5.19. The Kier molecular flexibility index (Phi) is 6.63. The number of ether oxygens (including phenoxy) is 1. The van der Waals surface area contributed by atoms with E-state index in [-0.39, 0.29) is 18.6 Å². The average Bonchev–Trinajstić information content (AvgIpc) is 3.46. The first kappa shape index (κ1) is 24.2. The van der Waals surface area contributed by atoms with E-state index in [0.29, 0.717) is 28.7 Å². The van der Waals surface area contributed by atoms with Gasteiger partial charge in [-0.25, -0.2) is 4.98 Å². The van der Waals surface area contributed by atoms with Crippen LogP contribution >= 0.6 is 0 Å². The van der Waals surface area contributed by atoms with E-state index in [1.54, 1.807) is 41.2 Å². The van der Waals surface area contributed by atoms with Crippen molar-refractivity contribution in [3.05, 3.63) is 48.4 Å². The van der Waals surface area contributed by atoms with E-state index in [1.807, 2.05) is 10.9 Å². The van der Waals surface area contributed by atoms with E-state index in [9.17, 15) is 13.2 Å². The van der Waals surface area contributed by atoms with Crippen molar-refractivity contribution in [2.24, 2.45) is 5.92 Å². The summed E-state index contributed by atoms with van der Waals surface area (Å²) in [6.45, 7) is 0.232. The van der Waals surface area contributed by atoms with Gasteiger partial charge in [0.2, 0.25) is 0 Å². The highest BCUT2D eigenvalue weighted by Gasteiger charge is 2.24. The van der Waals surface area contributed by atoms with Gasteiger partial charge < -0.3 is 10.1 Å². The largest absolute Gasteiger partial charge is 0.496 e. The number of imidazole rings is 1. The van der Waals surface area contributed by atoms with E-state index >= 15 is 0 Å². The minimum atomic E-state index is -3.39. The van der Waals surface area contributed by atoms with Crippen LogP contribution in [-0.4, -0.2) is 58.7 Å². The molecule has 3 heterocycles. The maximum absolute atomic E-state index is 13.1. The molecule has 11 nitrogen and oxygen atoms in total. The summed E-state index contributed by atoms with van der Waals surface area (Å²) < 4.78 is 36.3. The number of hydrogen-bond acceptors (Lipinski definition) is 8. The molecule has 3 aromatic heterocycles. The minimum absolute atomic E-state index is 0.232. The highest BCUT2D eigenvalue weighted by atomic mass is 32.2. The molecule has 1 N–H and O–H groups in total. The molecule has 0 unspecified atom stereocenters. The zero-order valence-corrected chi connectivity index (χ0v) is 20.9. The van der Waals surface area contributed by atoms with Crippen molar-refractivity contribution in [3.63, 3.8) is 0 Å². The summed E-state index contributed by atoms with van der Waals surface area (Å²) in [5.41, 5.74) is 1.78. The first-order valence-corrected chi connectivity index (χ1v) is 13.6. The number of aromatic nitrogens is 5. The van der Waals surface area contributed by atoms with Gasteiger partial charge in [-0.2, -0.15) is 23.1 Å². The van der Waals surface area contributed by atoms with Crippen LogP contribution in [0.3, 0.4) is 0 Å². The first-order valence-electron chi connectivity index (χ1n) is 11.8. The molecule has 1 saturated carbocycles. The molecular weight excluding hydrogens is 484 g/mol. The number of anilines is 1. The number of nitrogens with zero attached hydrogens (tertiary/aromatic N) is 5. The molecule has 0 bridgehead atoms. The quantitative estimate of drug-likeness (QED) is 0.356. The molecular formula is C24H28N6O5S. The molecule has 0 atom stereocenters. The highest BCUT2D eigenvalue weighted by molar-refractivity contribution is 7.85. The number of methoxy groups -OCH3 is 1. The molecule has 5 rings (SSSR count). The maximum Gasteiger partial charge on any atom is 0.264 e. The van der Waals surface area contributed by atoms with Crippen molar-refractivity contribution in [1.29, 1.82) is 0 Å². The topological polar surface area (TPSA) is 130 Å². The van der Waals surface area contributed by atoms with Crippen LogP contribution < -0.4 is 10.1 Å². The van der Waals surface area contributed by atoms with Crippen LogP contribution in [0, 0.1) is 5.92 Å². The van der Waals surface area contributed by atoms with Gasteiger partial charge in [-0.15, -0.1) is 0 Å². The van der Waals surface area contributed by atoms with Crippen molar-refractivity contribution < 1.29 is 22.1 Å². The van der Waals surface area contributed by atoms with Crippen LogP contribution in [0.4, 0.5) is 5.82 Å². The Bertz CT molecular complexity index is 1500. The Hall–Kier alpha value is -3.51. The van der Waals surface area contributed by atoms with E-state index in [1.165, 1.54) is 7.11 Å². The van der Waals surface area contributed by atoms with Crippen LogP contribution in [0.1, 0.15) is 48.5 Å². The van der Waals surface area contributed by atoms with Crippen LogP contribution in [-0.2, 0) is 14.3 Å². The first-order chi connectivity index (χ1) is 17.3. The molecule has 0 aliphatic heterocycles. The summed E-state index contributed by atoms with van der Waals surface area (Å²) in [4.78, 5) is 17.4. The molecule has 4 aromatic rings. The van der Waals surface area contributed by atoms with Gasteiger partial charge in [-0.05, 0) is 56.2 Å². The van der Waals surface area contributed by atoms with Crippen LogP contribution in [0.5, 0.6) is 5.75 Å². The van der Waals surface area contributed by atoms with E-state index < -0.39 is 10.1 Å². The number of carbonyl (C=O) groups excluding carboxylic acids is 1. The van der Waals surface area contributed by atoms with Crippen LogP contribution in [0.2, 0.25) is 0 Å². The average molecular weight is 513 g/mol.